The molecule has 320 valence electrons. The molecule has 0 aromatic carbocycles. The molecule has 0 amide bonds. The molecule has 8 saturated carbocycles. The van der Waals surface area contributed by atoms with Crippen LogP contribution in [-0.4, -0.2) is 67.0 Å². The third kappa shape index (κ3) is 7.35. The van der Waals surface area contributed by atoms with E-state index in [9.17, 15) is 30.0 Å². The van der Waals surface area contributed by atoms with Gasteiger partial charge in [-0.1, -0.05) is 41.5 Å². The minimum Gasteiger partial charge on any atom is -0.481 e. The summed E-state index contributed by atoms with van der Waals surface area (Å²) in [5.74, 6) is 4.71. The van der Waals surface area contributed by atoms with Gasteiger partial charge in [-0.3, -0.25) is 9.59 Å². The maximum atomic E-state index is 11.2. The van der Waals surface area contributed by atoms with Crippen molar-refractivity contribution in [1.29, 1.82) is 0 Å². The van der Waals surface area contributed by atoms with E-state index in [4.69, 9.17) is 10.2 Å². The summed E-state index contributed by atoms with van der Waals surface area (Å²) in [5, 5.41) is 61.1. The van der Waals surface area contributed by atoms with Gasteiger partial charge < -0.3 is 30.6 Å². The molecule has 8 rings (SSSR count). The first-order valence-electron chi connectivity index (χ1n) is 23.5. The molecule has 0 saturated heterocycles. The summed E-state index contributed by atoms with van der Waals surface area (Å²) in [7, 11) is 0. The van der Waals surface area contributed by atoms with Gasteiger partial charge in [0.05, 0.1) is 24.4 Å². The molecule has 0 spiro atoms. The summed E-state index contributed by atoms with van der Waals surface area (Å²) < 4.78 is 0. The number of aliphatic hydroxyl groups excluding tert-OH is 4. The van der Waals surface area contributed by atoms with E-state index in [0.717, 1.165) is 64.2 Å². The minimum absolute atomic E-state index is 0.179. The fourth-order valence-corrected chi connectivity index (χ4v) is 17.5. The van der Waals surface area contributed by atoms with Crippen LogP contribution in [0.4, 0.5) is 0 Å². The van der Waals surface area contributed by atoms with E-state index in [-0.39, 0.29) is 58.9 Å². The molecule has 0 aromatic heterocycles. The smallest absolute Gasteiger partial charge is 0.303 e. The number of carboxylic acid groups (broad SMARTS) is 2. The molecule has 8 aliphatic carbocycles. The van der Waals surface area contributed by atoms with Crippen LogP contribution in [0, 0.1) is 92.7 Å². The Labute approximate surface area is 338 Å². The zero-order chi connectivity index (χ0) is 40.5. The van der Waals surface area contributed by atoms with E-state index in [1.165, 1.54) is 51.4 Å². The Morgan fingerprint density at radius 1 is 0.500 bits per heavy atom. The van der Waals surface area contributed by atoms with E-state index in [1.807, 2.05) is 0 Å². The Morgan fingerprint density at radius 3 is 1.20 bits per heavy atom. The normalized spacial score (nSPS) is 51.7. The Hall–Kier alpha value is -1.22. The lowest BCUT2D eigenvalue weighted by Gasteiger charge is -2.62. The fourth-order valence-electron chi connectivity index (χ4n) is 17.5. The summed E-state index contributed by atoms with van der Waals surface area (Å²) in [6.45, 7) is 14.3. The molecular formula is C48H80O8. The molecule has 56 heavy (non-hydrogen) atoms. The van der Waals surface area contributed by atoms with Crippen molar-refractivity contribution in [3.63, 3.8) is 0 Å². The number of carbonyl (C=O) groups is 2. The highest BCUT2D eigenvalue weighted by molar-refractivity contribution is 5.66. The highest BCUT2D eigenvalue weighted by atomic mass is 16.4. The van der Waals surface area contributed by atoms with Crippen molar-refractivity contribution in [1.82, 2.24) is 0 Å². The van der Waals surface area contributed by atoms with Crippen molar-refractivity contribution in [2.24, 2.45) is 92.7 Å². The number of hydrogen-bond acceptors (Lipinski definition) is 6. The van der Waals surface area contributed by atoms with Crippen LogP contribution < -0.4 is 0 Å². The van der Waals surface area contributed by atoms with Gasteiger partial charge in [-0.15, -0.1) is 0 Å². The van der Waals surface area contributed by atoms with Crippen LogP contribution in [0.25, 0.3) is 0 Å². The van der Waals surface area contributed by atoms with Crippen LogP contribution in [0.2, 0.25) is 0 Å². The molecule has 8 aliphatic rings. The van der Waals surface area contributed by atoms with E-state index in [1.54, 1.807) is 0 Å². The lowest BCUT2D eigenvalue weighted by molar-refractivity contribution is -0.174. The summed E-state index contributed by atoms with van der Waals surface area (Å²) in [5.41, 5.74) is 1.05. The van der Waals surface area contributed by atoms with E-state index in [2.05, 4.69) is 41.5 Å². The van der Waals surface area contributed by atoms with Gasteiger partial charge in [-0.2, -0.15) is 0 Å². The van der Waals surface area contributed by atoms with Gasteiger partial charge in [0.2, 0.25) is 0 Å². The molecule has 6 N–H and O–H groups in total. The first kappa shape index (κ1) is 42.9. The zero-order valence-corrected chi connectivity index (χ0v) is 35.9. The molecule has 0 heterocycles. The Kier molecular flexibility index (Phi) is 12.3. The van der Waals surface area contributed by atoms with Crippen LogP contribution in [0.3, 0.4) is 0 Å². The SMILES string of the molecule is C[C@H](CCC(=O)O)[C@H]1CC[C@H]2[C@@H]3[C@H](O)C[C@@H]4C[C@H](O)CC[C@]4(C)[C@H]3CC[C@]12C.C[C@H](CCC(=O)O)[C@H]1CC[C@H]2[C@@H]3[C@H](O)C[C@@H]4C[C@H](O)CC[C@]4(C)[C@H]3CC[C@]12C. The second-order valence-electron chi connectivity index (χ2n) is 22.7. The second-order valence-corrected chi connectivity index (χ2v) is 22.7. The van der Waals surface area contributed by atoms with Gasteiger partial charge in [0.1, 0.15) is 0 Å². The molecular weight excluding hydrogens is 705 g/mol. The van der Waals surface area contributed by atoms with Crippen molar-refractivity contribution in [2.45, 2.75) is 194 Å². The largest absolute Gasteiger partial charge is 0.481 e. The third-order valence-corrected chi connectivity index (χ3v) is 20.5. The molecule has 0 unspecified atom stereocenters. The number of aliphatic carboxylic acids is 2. The molecule has 8 nitrogen and oxygen atoms in total. The first-order valence-corrected chi connectivity index (χ1v) is 23.5. The fraction of sp³-hybridized carbons (Fsp3) is 0.958. The average Bonchev–Trinajstić information content (AvgIpc) is 3.68. The molecule has 0 radical (unpaired) electrons. The number of carboxylic acids is 2. The number of rotatable bonds is 8. The monoisotopic (exact) mass is 785 g/mol. The quantitative estimate of drug-likeness (QED) is 0.143. The van der Waals surface area contributed by atoms with Gasteiger partial charge in [0, 0.05) is 12.8 Å². The van der Waals surface area contributed by atoms with Crippen LogP contribution in [0.5, 0.6) is 0 Å². The highest BCUT2D eigenvalue weighted by Crippen LogP contribution is 2.70. The van der Waals surface area contributed by atoms with E-state index >= 15 is 0 Å². The Bertz CT molecular complexity index is 1310. The van der Waals surface area contributed by atoms with Crippen LogP contribution in [0.15, 0.2) is 0 Å². The van der Waals surface area contributed by atoms with Gasteiger partial charge in [0.15, 0.2) is 0 Å². The highest BCUT2D eigenvalue weighted by Gasteiger charge is 2.64. The number of aliphatic hydroxyl groups is 4. The summed E-state index contributed by atoms with van der Waals surface area (Å²) >= 11 is 0. The van der Waals surface area contributed by atoms with Gasteiger partial charge in [-0.05, 0) is 208 Å². The van der Waals surface area contributed by atoms with Gasteiger partial charge in [-0.25, -0.2) is 0 Å². The van der Waals surface area contributed by atoms with Crippen molar-refractivity contribution in [3.05, 3.63) is 0 Å². The maximum absolute atomic E-state index is 11.2. The summed E-state index contributed by atoms with van der Waals surface area (Å²) in [6.07, 6.45) is 18.4. The first-order chi connectivity index (χ1) is 26.3. The Morgan fingerprint density at radius 2 is 0.839 bits per heavy atom. The van der Waals surface area contributed by atoms with Gasteiger partial charge >= 0.3 is 11.9 Å². The molecule has 8 fully saturated rings. The molecule has 0 bridgehead atoms. The van der Waals surface area contributed by atoms with Crippen molar-refractivity contribution in [3.8, 4) is 0 Å². The summed E-state index contributed by atoms with van der Waals surface area (Å²) in [6, 6.07) is 0. The maximum Gasteiger partial charge on any atom is 0.303 e. The molecule has 0 aliphatic heterocycles. The molecule has 20 atom stereocenters. The number of fused-ring (bicyclic) bond motifs is 10. The van der Waals surface area contributed by atoms with Gasteiger partial charge in [0.25, 0.3) is 0 Å². The average molecular weight is 785 g/mol. The minimum atomic E-state index is -0.684. The van der Waals surface area contributed by atoms with Crippen molar-refractivity contribution < 1.29 is 40.2 Å². The standard InChI is InChI=1S/2C24H40O4/c2*1-14(4-7-21(27)28)17-5-6-18-22-19(9-11-24(17,18)3)23(2)10-8-16(25)12-15(23)13-20(22)26/h2*14-20,22,25-26H,4-13H2,1-3H3,(H,27,28)/t2*14-,15+,16-,17-,18+,19+,20-,22+,23+,24-/m11/s1. The molecule has 8 heteroatoms. The predicted octanol–water partition coefficient (Wildman–Crippen LogP) is 8.96. The van der Waals surface area contributed by atoms with Crippen LogP contribution in [0.1, 0.15) is 170 Å². The predicted molar refractivity (Wildman–Crippen MR) is 217 cm³/mol. The third-order valence-electron chi connectivity index (χ3n) is 20.5. The van der Waals surface area contributed by atoms with Crippen molar-refractivity contribution >= 4 is 11.9 Å². The molecule has 0 aromatic rings. The zero-order valence-electron chi connectivity index (χ0n) is 35.9. The van der Waals surface area contributed by atoms with Crippen LogP contribution in [-0.2, 0) is 9.59 Å². The van der Waals surface area contributed by atoms with E-state index < -0.39 is 11.9 Å². The topological polar surface area (TPSA) is 156 Å². The van der Waals surface area contributed by atoms with Crippen molar-refractivity contribution in [2.75, 3.05) is 0 Å². The number of hydrogen-bond donors (Lipinski definition) is 6. The van der Waals surface area contributed by atoms with Crippen LogP contribution >= 0.6 is 0 Å². The summed E-state index contributed by atoms with van der Waals surface area (Å²) in [4.78, 5) is 22.1. The van der Waals surface area contributed by atoms with E-state index in [0.29, 0.717) is 71.0 Å². The lowest BCUT2D eigenvalue weighted by Crippen LogP contribution is -2.58. The lowest BCUT2D eigenvalue weighted by atomic mass is 9.43. The Balaban J connectivity index is 0.000000172. The second kappa shape index (κ2) is 16.0.